The zero-order valence-corrected chi connectivity index (χ0v) is 16.1. The van der Waals surface area contributed by atoms with Gasteiger partial charge in [-0.15, -0.1) is 0 Å². The van der Waals surface area contributed by atoms with Crippen molar-refractivity contribution in [1.29, 1.82) is 0 Å². The average molecular weight is 364 g/mol. The van der Waals surface area contributed by atoms with Crippen molar-refractivity contribution in [2.45, 2.75) is 64.7 Å². The number of nitrogens with zero attached hydrogens (tertiary/aromatic N) is 2. The van der Waals surface area contributed by atoms with Crippen LogP contribution in [0.1, 0.15) is 62.5 Å². The van der Waals surface area contributed by atoms with Crippen molar-refractivity contribution in [2.75, 3.05) is 0 Å². The number of carbonyl (C=O) groups is 1. The summed E-state index contributed by atoms with van der Waals surface area (Å²) >= 11 is 0. The van der Waals surface area contributed by atoms with E-state index in [0.29, 0.717) is 6.42 Å². The van der Waals surface area contributed by atoms with E-state index in [4.69, 9.17) is 5.11 Å². The molecule has 4 nitrogen and oxygen atoms in total. The van der Waals surface area contributed by atoms with Gasteiger partial charge in [0.15, 0.2) is 0 Å². The van der Waals surface area contributed by atoms with Crippen LogP contribution in [-0.2, 0) is 11.2 Å². The van der Waals surface area contributed by atoms with Gasteiger partial charge in [-0.2, -0.15) is 0 Å². The maximum atomic E-state index is 10.5. The molecule has 0 spiro atoms. The number of aliphatic carboxylic acids is 1. The van der Waals surface area contributed by atoms with Gasteiger partial charge in [-0.1, -0.05) is 44.2 Å². The van der Waals surface area contributed by atoms with Crippen molar-refractivity contribution < 1.29 is 9.90 Å². The highest BCUT2D eigenvalue weighted by molar-refractivity contribution is 6.04. The number of hydrogen-bond donors (Lipinski definition) is 1. The summed E-state index contributed by atoms with van der Waals surface area (Å²) in [6.45, 7) is 2.11. The topological polar surface area (TPSA) is 63.1 Å². The molecule has 0 saturated heterocycles. The summed E-state index contributed by atoms with van der Waals surface area (Å²) in [5.74, 6) is -0.683. The lowest BCUT2D eigenvalue weighted by molar-refractivity contribution is -0.137. The van der Waals surface area contributed by atoms with Crippen LogP contribution in [-0.4, -0.2) is 21.0 Å². The van der Waals surface area contributed by atoms with Crippen LogP contribution in [0.25, 0.3) is 21.8 Å². The Bertz CT molecular complexity index is 921. The van der Waals surface area contributed by atoms with Crippen LogP contribution < -0.4 is 0 Å². The Balaban J connectivity index is 1.53. The van der Waals surface area contributed by atoms with E-state index < -0.39 is 5.97 Å². The van der Waals surface area contributed by atoms with E-state index in [1.807, 2.05) is 18.5 Å². The lowest BCUT2D eigenvalue weighted by atomic mass is 9.99. The predicted octanol–water partition coefficient (Wildman–Crippen LogP) is 5.84. The third-order valence-corrected chi connectivity index (χ3v) is 5.27. The number of fused-ring (bicyclic) bond motifs is 3. The van der Waals surface area contributed by atoms with Crippen molar-refractivity contribution in [3.05, 3.63) is 47.8 Å². The minimum atomic E-state index is -0.683. The maximum Gasteiger partial charge on any atom is 0.303 e. The molecule has 0 amide bonds. The molecule has 3 rings (SSSR count). The van der Waals surface area contributed by atoms with Crippen LogP contribution in [0.4, 0.5) is 0 Å². The van der Waals surface area contributed by atoms with Gasteiger partial charge in [0, 0.05) is 29.6 Å². The molecule has 3 aromatic rings. The molecule has 2 aromatic heterocycles. The van der Waals surface area contributed by atoms with Crippen molar-refractivity contribution >= 4 is 27.8 Å². The zero-order chi connectivity index (χ0) is 19.1. The molecule has 0 atom stereocenters. The summed E-state index contributed by atoms with van der Waals surface area (Å²) in [4.78, 5) is 19.7. The van der Waals surface area contributed by atoms with Crippen molar-refractivity contribution in [3.8, 4) is 0 Å². The Labute approximate surface area is 160 Å². The van der Waals surface area contributed by atoms with Gasteiger partial charge in [0.1, 0.15) is 0 Å². The predicted molar refractivity (Wildman–Crippen MR) is 110 cm³/mol. The average Bonchev–Trinajstić information content (AvgIpc) is 2.66. The number of pyridine rings is 2. The van der Waals surface area contributed by atoms with Gasteiger partial charge in [0.2, 0.25) is 0 Å². The molecule has 2 heterocycles. The van der Waals surface area contributed by atoms with Crippen LogP contribution >= 0.6 is 0 Å². The number of carboxylic acids is 1. The van der Waals surface area contributed by atoms with Gasteiger partial charge in [-0.25, -0.2) is 0 Å². The molecule has 0 aliphatic heterocycles. The molecule has 1 N–H and O–H groups in total. The Morgan fingerprint density at radius 2 is 1.41 bits per heavy atom. The molecule has 27 heavy (non-hydrogen) atoms. The number of benzene rings is 1. The fourth-order valence-electron chi connectivity index (χ4n) is 3.72. The molecule has 0 unspecified atom stereocenters. The second-order valence-corrected chi connectivity index (χ2v) is 7.32. The van der Waals surface area contributed by atoms with Crippen molar-refractivity contribution in [2.24, 2.45) is 0 Å². The standard InChI is InChI=1S/C23H28N2O2/c1-17-13-15-24-22-19(17)11-12-20-18(14-16-25-23(20)22)9-7-5-3-2-4-6-8-10-21(26)27/h11-16H,2-10H2,1H3,(H,26,27). The highest BCUT2D eigenvalue weighted by Crippen LogP contribution is 2.27. The molecular weight excluding hydrogens is 336 g/mol. The highest BCUT2D eigenvalue weighted by Gasteiger charge is 2.08. The Hall–Kier alpha value is -2.49. The lowest BCUT2D eigenvalue weighted by Crippen LogP contribution is -1.94. The first kappa shape index (κ1) is 19.3. The number of carboxylic acid groups (broad SMARTS) is 1. The summed E-state index contributed by atoms with van der Waals surface area (Å²) in [6, 6.07) is 8.54. The molecule has 0 radical (unpaired) electrons. The van der Waals surface area contributed by atoms with E-state index in [1.165, 1.54) is 47.6 Å². The summed E-state index contributed by atoms with van der Waals surface area (Å²) < 4.78 is 0. The largest absolute Gasteiger partial charge is 0.481 e. The Morgan fingerprint density at radius 1 is 0.815 bits per heavy atom. The van der Waals surface area contributed by atoms with Gasteiger partial charge in [0.25, 0.3) is 0 Å². The Morgan fingerprint density at radius 3 is 2.15 bits per heavy atom. The smallest absolute Gasteiger partial charge is 0.303 e. The van der Waals surface area contributed by atoms with Crippen LogP contribution in [0.5, 0.6) is 0 Å². The molecule has 0 saturated carbocycles. The SMILES string of the molecule is Cc1ccnc2c1ccc1c(CCCCCCCCCC(=O)O)ccnc12. The van der Waals surface area contributed by atoms with Gasteiger partial charge in [-0.3, -0.25) is 14.8 Å². The normalized spacial score (nSPS) is 11.3. The third-order valence-electron chi connectivity index (χ3n) is 5.27. The van der Waals surface area contributed by atoms with Crippen LogP contribution in [0, 0.1) is 6.92 Å². The molecule has 0 bridgehead atoms. The quantitative estimate of drug-likeness (QED) is 0.362. The number of rotatable bonds is 10. The first-order valence-corrected chi connectivity index (χ1v) is 10.0. The van der Waals surface area contributed by atoms with Gasteiger partial charge in [0.05, 0.1) is 11.0 Å². The first-order chi connectivity index (χ1) is 13.2. The molecule has 142 valence electrons. The highest BCUT2D eigenvalue weighted by atomic mass is 16.4. The van der Waals surface area contributed by atoms with E-state index >= 15 is 0 Å². The van der Waals surface area contributed by atoms with Crippen LogP contribution in [0.15, 0.2) is 36.7 Å². The van der Waals surface area contributed by atoms with Crippen LogP contribution in [0.2, 0.25) is 0 Å². The second-order valence-electron chi connectivity index (χ2n) is 7.32. The van der Waals surface area contributed by atoms with E-state index in [1.54, 1.807) is 0 Å². The van der Waals surface area contributed by atoms with Gasteiger partial charge >= 0.3 is 5.97 Å². The number of aryl methyl sites for hydroxylation is 2. The lowest BCUT2D eigenvalue weighted by Gasteiger charge is -2.09. The summed E-state index contributed by atoms with van der Waals surface area (Å²) in [6.07, 6.45) is 12.9. The minimum absolute atomic E-state index is 0.304. The van der Waals surface area contributed by atoms with E-state index in [2.05, 4.69) is 35.1 Å². The minimum Gasteiger partial charge on any atom is -0.481 e. The van der Waals surface area contributed by atoms with Gasteiger partial charge < -0.3 is 5.11 Å². The molecule has 1 aromatic carbocycles. The van der Waals surface area contributed by atoms with E-state index in [-0.39, 0.29) is 0 Å². The molecular formula is C23H28N2O2. The number of unbranched alkanes of at least 4 members (excludes halogenated alkanes) is 6. The molecule has 0 aliphatic carbocycles. The zero-order valence-electron chi connectivity index (χ0n) is 16.1. The number of aromatic nitrogens is 2. The number of hydrogen-bond acceptors (Lipinski definition) is 3. The second kappa shape index (κ2) is 9.45. The monoisotopic (exact) mass is 364 g/mol. The van der Waals surface area contributed by atoms with Crippen molar-refractivity contribution in [3.63, 3.8) is 0 Å². The molecule has 4 heteroatoms. The third kappa shape index (κ3) is 5.03. The van der Waals surface area contributed by atoms with E-state index in [9.17, 15) is 4.79 Å². The van der Waals surface area contributed by atoms with Gasteiger partial charge in [-0.05, 0) is 49.4 Å². The maximum absolute atomic E-state index is 10.5. The fourth-order valence-corrected chi connectivity index (χ4v) is 3.72. The summed E-state index contributed by atoms with van der Waals surface area (Å²) in [5, 5.41) is 11.0. The first-order valence-electron chi connectivity index (χ1n) is 10.0. The summed E-state index contributed by atoms with van der Waals surface area (Å²) in [5.41, 5.74) is 4.59. The molecule has 0 aliphatic rings. The molecule has 0 fully saturated rings. The summed E-state index contributed by atoms with van der Waals surface area (Å²) in [7, 11) is 0. The van der Waals surface area contributed by atoms with Crippen molar-refractivity contribution in [1.82, 2.24) is 9.97 Å². The Kier molecular flexibility index (Phi) is 6.74. The fraction of sp³-hybridized carbons (Fsp3) is 0.435. The van der Waals surface area contributed by atoms with E-state index in [0.717, 1.165) is 36.7 Å². The van der Waals surface area contributed by atoms with Crippen LogP contribution in [0.3, 0.4) is 0 Å².